The maximum atomic E-state index is 6.30. The third-order valence-electron chi connectivity index (χ3n) is 3.30. The Hall–Kier alpha value is -1.07. The van der Waals surface area contributed by atoms with Crippen molar-refractivity contribution in [1.29, 1.82) is 0 Å². The van der Waals surface area contributed by atoms with E-state index in [-0.39, 0.29) is 12.1 Å². The van der Waals surface area contributed by atoms with Crippen molar-refractivity contribution in [2.45, 2.75) is 44.9 Å². The van der Waals surface area contributed by atoms with Crippen molar-refractivity contribution in [2.24, 2.45) is 5.73 Å². The molecule has 1 fully saturated rings. The van der Waals surface area contributed by atoms with Gasteiger partial charge in [-0.2, -0.15) is 5.10 Å². The third-order valence-corrected chi connectivity index (χ3v) is 3.30. The lowest BCUT2D eigenvalue weighted by atomic mass is 10.00. The maximum Gasteiger partial charge on any atom is 0.161 e. The second-order valence-electron chi connectivity index (χ2n) is 4.34. The Kier molecular flexibility index (Phi) is 4.02. The van der Waals surface area contributed by atoms with Crippen LogP contribution in [0.1, 0.15) is 37.9 Å². The van der Waals surface area contributed by atoms with E-state index in [4.69, 9.17) is 15.2 Å². The van der Waals surface area contributed by atoms with E-state index in [2.05, 4.69) is 5.10 Å². The molecule has 0 aromatic carbocycles. The van der Waals surface area contributed by atoms with Crippen LogP contribution in [0.4, 0.5) is 0 Å². The molecule has 0 aliphatic carbocycles. The Bertz CT molecular complexity index is 337. The molecule has 2 atom stereocenters. The van der Waals surface area contributed by atoms with Gasteiger partial charge in [-0.15, -0.1) is 0 Å². The van der Waals surface area contributed by atoms with E-state index in [1.165, 1.54) is 6.42 Å². The van der Waals surface area contributed by atoms with Crippen LogP contribution in [0.3, 0.4) is 0 Å². The third kappa shape index (κ3) is 2.45. The zero-order valence-electron chi connectivity index (χ0n) is 10.6. The van der Waals surface area contributed by atoms with Crippen molar-refractivity contribution < 1.29 is 9.47 Å². The molecule has 2 rings (SSSR count). The SMILES string of the molecule is CCn1ncc(OC)c1C(N)C1CCCCO1. The van der Waals surface area contributed by atoms with Crippen molar-refractivity contribution in [3.05, 3.63) is 11.9 Å². The molecule has 0 saturated carbocycles. The highest BCUT2D eigenvalue weighted by molar-refractivity contribution is 5.29. The number of rotatable bonds is 4. The van der Waals surface area contributed by atoms with Gasteiger partial charge in [0.05, 0.1) is 31.1 Å². The summed E-state index contributed by atoms with van der Waals surface area (Å²) in [7, 11) is 1.65. The summed E-state index contributed by atoms with van der Waals surface area (Å²) in [4.78, 5) is 0. The predicted octanol–water partition coefficient (Wildman–Crippen LogP) is 1.48. The fourth-order valence-corrected chi connectivity index (χ4v) is 2.35. The zero-order chi connectivity index (χ0) is 12.3. The first-order chi connectivity index (χ1) is 8.27. The summed E-state index contributed by atoms with van der Waals surface area (Å²) in [5.74, 6) is 0.758. The maximum absolute atomic E-state index is 6.30. The second-order valence-corrected chi connectivity index (χ2v) is 4.34. The summed E-state index contributed by atoms with van der Waals surface area (Å²) in [5, 5.41) is 4.28. The first-order valence-corrected chi connectivity index (χ1v) is 6.24. The van der Waals surface area contributed by atoms with Crippen molar-refractivity contribution in [3.8, 4) is 5.75 Å². The van der Waals surface area contributed by atoms with E-state index in [0.717, 1.165) is 37.4 Å². The standard InChI is InChI=1S/C12H21N3O2/c1-3-15-12(10(16-2)8-14-15)11(13)9-6-4-5-7-17-9/h8-9,11H,3-7,13H2,1-2H3. The van der Waals surface area contributed by atoms with Gasteiger partial charge in [0, 0.05) is 13.2 Å². The lowest BCUT2D eigenvalue weighted by Crippen LogP contribution is -2.33. The zero-order valence-corrected chi connectivity index (χ0v) is 10.6. The lowest BCUT2D eigenvalue weighted by molar-refractivity contribution is -0.00200. The number of nitrogens with two attached hydrogens (primary N) is 1. The summed E-state index contributed by atoms with van der Waals surface area (Å²) in [6, 6.07) is -0.160. The smallest absolute Gasteiger partial charge is 0.161 e. The first-order valence-electron chi connectivity index (χ1n) is 6.24. The minimum atomic E-state index is -0.160. The Balaban J connectivity index is 2.21. The topological polar surface area (TPSA) is 62.3 Å². The van der Waals surface area contributed by atoms with Crippen LogP contribution in [-0.4, -0.2) is 29.6 Å². The monoisotopic (exact) mass is 239 g/mol. The van der Waals surface area contributed by atoms with Crippen molar-refractivity contribution >= 4 is 0 Å². The largest absolute Gasteiger partial charge is 0.493 e. The Morgan fingerprint density at radius 1 is 1.65 bits per heavy atom. The summed E-state index contributed by atoms with van der Waals surface area (Å²) in [6.07, 6.45) is 5.13. The molecule has 1 aliphatic heterocycles. The highest BCUT2D eigenvalue weighted by Gasteiger charge is 2.28. The van der Waals surface area contributed by atoms with Crippen LogP contribution in [0.25, 0.3) is 0 Å². The van der Waals surface area contributed by atoms with Crippen LogP contribution < -0.4 is 10.5 Å². The molecule has 1 aromatic rings. The average Bonchev–Trinajstić information content (AvgIpc) is 2.81. The van der Waals surface area contributed by atoms with E-state index in [9.17, 15) is 0 Å². The van der Waals surface area contributed by atoms with Crippen molar-refractivity contribution in [2.75, 3.05) is 13.7 Å². The van der Waals surface area contributed by atoms with Gasteiger partial charge in [0.1, 0.15) is 0 Å². The molecule has 0 spiro atoms. The number of nitrogens with zero attached hydrogens (tertiary/aromatic N) is 2. The molecule has 0 bridgehead atoms. The van der Waals surface area contributed by atoms with Gasteiger partial charge >= 0.3 is 0 Å². The van der Waals surface area contributed by atoms with E-state index in [1.54, 1.807) is 13.3 Å². The molecule has 96 valence electrons. The number of methoxy groups -OCH3 is 1. The summed E-state index contributed by atoms with van der Waals surface area (Å²) in [6.45, 7) is 3.64. The van der Waals surface area contributed by atoms with Crippen LogP contribution in [-0.2, 0) is 11.3 Å². The average molecular weight is 239 g/mol. The normalized spacial score (nSPS) is 22.4. The summed E-state index contributed by atoms with van der Waals surface area (Å²) >= 11 is 0. The lowest BCUT2D eigenvalue weighted by Gasteiger charge is -2.28. The van der Waals surface area contributed by atoms with Crippen LogP contribution in [0.15, 0.2) is 6.20 Å². The number of hydrogen-bond donors (Lipinski definition) is 1. The molecular formula is C12H21N3O2. The van der Waals surface area contributed by atoms with E-state index in [0.29, 0.717) is 0 Å². The van der Waals surface area contributed by atoms with Crippen LogP contribution >= 0.6 is 0 Å². The van der Waals surface area contributed by atoms with Gasteiger partial charge in [-0.3, -0.25) is 4.68 Å². The van der Waals surface area contributed by atoms with Gasteiger partial charge in [-0.05, 0) is 26.2 Å². The molecule has 0 radical (unpaired) electrons. The second kappa shape index (κ2) is 5.51. The van der Waals surface area contributed by atoms with Gasteiger partial charge in [-0.25, -0.2) is 0 Å². The minimum Gasteiger partial charge on any atom is -0.493 e. The quantitative estimate of drug-likeness (QED) is 0.864. The molecule has 5 nitrogen and oxygen atoms in total. The van der Waals surface area contributed by atoms with E-state index in [1.807, 2.05) is 11.6 Å². The van der Waals surface area contributed by atoms with Crippen LogP contribution in [0, 0.1) is 0 Å². The van der Waals surface area contributed by atoms with Gasteiger partial charge in [0.2, 0.25) is 0 Å². The van der Waals surface area contributed by atoms with Gasteiger partial charge in [0.25, 0.3) is 0 Å². The van der Waals surface area contributed by atoms with Crippen LogP contribution in [0.2, 0.25) is 0 Å². The molecule has 2 heterocycles. The van der Waals surface area contributed by atoms with E-state index >= 15 is 0 Å². The molecule has 2 unspecified atom stereocenters. The van der Waals surface area contributed by atoms with Crippen molar-refractivity contribution in [1.82, 2.24) is 9.78 Å². The number of aromatic nitrogens is 2. The molecular weight excluding hydrogens is 218 g/mol. The predicted molar refractivity (Wildman–Crippen MR) is 65.0 cm³/mol. The fourth-order valence-electron chi connectivity index (χ4n) is 2.35. The minimum absolute atomic E-state index is 0.0830. The van der Waals surface area contributed by atoms with Crippen LogP contribution in [0.5, 0.6) is 5.75 Å². The Morgan fingerprint density at radius 3 is 3.06 bits per heavy atom. The highest BCUT2D eigenvalue weighted by atomic mass is 16.5. The molecule has 1 aliphatic rings. The Labute approximate surface area is 102 Å². The van der Waals surface area contributed by atoms with E-state index < -0.39 is 0 Å². The van der Waals surface area contributed by atoms with Gasteiger partial charge in [0.15, 0.2) is 5.75 Å². The molecule has 0 amide bonds. The number of hydrogen-bond acceptors (Lipinski definition) is 4. The first kappa shape index (κ1) is 12.4. The molecule has 1 saturated heterocycles. The highest BCUT2D eigenvalue weighted by Crippen LogP contribution is 2.30. The number of ether oxygens (including phenoxy) is 2. The Morgan fingerprint density at radius 2 is 2.47 bits per heavy atom. The molecule has 5 heteroatoms. The van der Waals surface area contributed by atoms with Gasteiger partial charge < -0.3 is 15.2 Å². The molecule has 17 heavy (non-hydrogen) atoms. The van der Waals surface area contributed by atoms with Gasteiger partial charge in [-0.1, -0.05) is 0 Å². The summed E-state index contributed by atoms with van der Waals surface area (Å²) < 4.78 is 13.0. The van der Waals surface area contributed by atoms with Crippen molar-refractivity contribution in [3.63, 3.8) is 0 Å². The number of aryl methyl sites for hydroxylation is 1. The summed E-state index contributed by atoms with van der Waals surface area (Å²) in [5.41, 5.74) is 7.25. The fraction of sp³-hybridized carbons (Fsp3) is 0.750. The molecule has 2 N–H and O–H groups in total. The molecule has 1 aromatic heterocycles.